The molecule has 0 spiro atoms. The fourth-order valence-corrected chi connectivity index (χ4v) is 6.30. The molecule has 0 saturated carbocycles. The van der Waals surface area contributed by atoms with Gasteiger partial charge in [0, 0.05) is 62.4 Å². The first-order chi connectivity index (χ1) is 22.6. The van der Waals surface area contributed by atoms with E-state index in [9.17, 15) is 10.1 Å². The lowest BCUT2D eigenvalue weighted by atomic mass is 10.0. The van der Waals surface area contributed by atoms with Gasteiger partial charge < -0.3 is 14.1 Å². The molecule has 0 aliphatic rings. The van der Waals surface area contributed by atoms with E-state index < -0.39 is 0 Å². The third-order valence-electron chi connectivity index (χ3n) is 8.49. The summed E-state index contributed by atoms with van der Waals surface area (Å²) in [5.41, 5.74) is 8.56. The number of rotatable bonds is 4. The Morgan fingerprint density at radius 1 is 0.522 bits per heavy atom. The van der Waals surface area contributed by atoms with E-state index in [-0.39, 0.29) is 10.6 Å². The molecule has 3 heterocycles. The molecular formula is C40H28N4O2. The smallest absolute Gasteiger partial charge is 0.277 e. The van der Waals surface area contributed by atoms with E-state index >= 15 is 0 Å². The fourth-order valence-electron chi connectivity index (χ4n) is 6.30. The third-order valence-corrected chi connectivity index (χ3v) is 8.49. The maximum absolute atomic E-state index is 11.2. The van der Waals surface area contributed by atoms with E-state index in [1.807, 2.05) is 60.8 Å². The van der Waals surface area contributed by atoms with Crippen LogP contribution in [0.25, 0.3) is 66.1 Å². The van der Waals surface area contributed by atoms with Gasteiger partial charge in [-0.25, -0.2) is 0 Å². The van der Waals surface area contributed by atoms with Gasteiger partial charge >= 0.3 is 0 Å². The zero-order chi connectivity index (χ0) is 31.0. The van der Waals surface area contributed by atoms with Gasteiger partial charge in [0.15, 0.2) is 0 Å². The van der Waals surface area contributed by atoms with E-state index in [1.54, 1.807) is 12.1 Å². The fraction of sp³-hybridized carbons (Fsp3) is 0. The summed E-state index contributed by atoms with van der Waals surface area (Å²) in [7, 11) is 0. The lowest BCUT2D eigenvalue weighted by molar-refractivity contribution is -0.384. The van der Waals surface area contributed by atoms with Gasteiger partial charge in [-0.1, -0.05) is 72.8 Å². The summed E-state index contributed by atoms with van der Waals surface area (Å²) >= 11 is 0. The molecule has 0 radical (unpaired) electrons. The van der Waals surface area contributed by atoms with Crippen LogP contribution in [0.2, 0.25) is 0 Å². The van der Waals surface area contributed by atoms with Crippen molar-refractivity contribution < 1.29 is 4.92 Å². The number of nitrogens with zero attached hydrogens (tertiary/aromatic N) is 3. The molecule has 0 aliphatic heterocycles. The highest BCUT2D eigenvalue weighted by atomic mass is 16.6. The molecule has 0 aliphatic carbocycles. The van der Waals surface area contributed by atoms with Crippen LogP contribution in [-0.2, 0) is 0 Å². The predicted molar refractivity (Wildman–Crippen MR) is 188 cm³/mol. The molecule has 0 bridgehead atoms. The second-order valence-corrected chi connectivity index (χ2v) is 11.2. The summed E-state index contributed by atoms with van der Waals surface area (Å²) in [4.78, 5) is 14.4. The van der Waals surface area contributed by atoms with Crippen LogP contribution in [0.1, 0.15) is 0 Å². The Morgan fingerprint density at radius 3 is 1.85 bits per heavy atom. The van der Waals surface area contributed by atoms with Crippen LogP contribution in [0.3, 0.4) is 0 Å². The van der Waals surface area contributed by atoms with Crippen molar-refractivity contribution in [3.05, 3.63) is 174 Å². The predicted octanol–water partition coefficient (Wildman–Crippen LogP) is 10.5. The molecular weight excluding hydrogens is 568 g/mol. The quantitative estimate of drug-likeness (QED) is 0.162. The summed E-state index contributed by atoms with van der Waals surface area (Å²) in [6.45, 7) is 0. The lowest BCUT2D eigenvalue weighted by Crippen LogP contribution is -1.92. The van der Waals surface area contributed by atoms with Gasteiger partial charge in [0.05, 0.1) is 21.5 Å². The molecule has 0 fully saturated rings. The number of fused-ring (bicyclic) bond motifs is 5. The molecule has 9 aromatic rings. The number of aromatic amines is 1. The van der Waals surface area contributed by atoms with Gasteiger partial charge in [0.25, 0.3) is 5.69 Å². The summed E-state index contributed by atoms with van der Waals surface area (Å²) in [5.74, 6) is 0. The Labute approximate surface area is 264 Å². The zero-order valence-electron chi connectivity index (χ0n) is 24.7. The molecule has 220 valence electrons. The molecule has 0 amide bonds. The zero-order valence-corrected chi connectivity index (χ0v) is 24.7. The minimum Gasteiger partial charge on any atom is -0.354 e. The molecule has 9 rings (SSSR count). The van der Waals surface area contributed by atoms with E-state index in [0.717, 1.165) is 22.2 Å². The molecule has 6 heteroatoms. The van der Waals surface area contributed by atoms with Crippen molar-refractivity contribution >= 4 is 49.3 Å². The van der Waals surface area contributed by atoms with E-state index in [1.165, 1.54) is 44.5 Å². The second kappa shape index (κ2) is 11.3. The standard InChI is InChI=1S/C20H14N2O2.C20H14N2/c23-22(24)20-9-5-4-8-18(20)15-10-11-19-16(14-15)12-13-21(19)17-6-2-1-3-7-17;1-2-6-15(7-3-1)22-11-10-14-12-17-16-8-4-5-9-18(16)21-19(17)13-20(14)22/h1-14H;1-13,21H. The molecule has 6 nitrogen and oxygen atoms in total. The molecule has 3 aromatic heterocycles. The van der Waals surface area contributed by atoms with Gasteiger partial charge in [0.1, 0.15) is 0 Å². The Morgan fingerprint density at radius 2 is 1.13 bits per heavy atom. The number of benzene rings is 6. The van der Waals surface area contributed by atoms with Crippen LogP contribution < -0.4 is 0 Å². The Hall–Kier alpha value is -6.40. The van der Waals surface area contributed by atoms with Gasteiger partial charge in [0.2, 0.25) is 0 Å². The topological polar surface area (TPSA) is 68.8 Å². The minimum atomic E-state index is -0.339. The van der Waals surface area contributed by atoms with Crippen molar-refractivity contribution in [3.8, 4) is 22.5 Å². The number of nitrogens with one attached hydrogen (secondary N) is 1. The Kier molecular flexibility index (Phi) is 6.65. The van der Waals surface area contributed by atoms with Gasteiger partial charge in [-0.3, -0.25) is 10.1 Å². The first kappa shape index (κ1) is 27.2. The Balaban J connectivity index is 0.000000136. The normalized spacial score (nSPS) is 11.2. The van der Waals surface area contributed by atoms with Crippen molar-refractivity contribution in [1.82, 2.24) is 14.1 Å². The van der Waals surface area contributed by atoms with Crippen LogP contribution in [0.15, 0.2) is 164 Å². The molecule has 0 atom stereocenters. The monoisotopic (exact) mass is 596 g/mol. The van der Waals surface area contributed by atoms with Gasteiger partial charge in [-0.05, 0) is 78.4 Å². The minimum absolute atomic E-state index is 0.124. The first-order valence-electron chi connectivity index (χ1n) is 15.1. The first-order valence-corrected chi connectivity index (χ1v) is 15.1. The largest absolute Gasteiger partial charge is 0.354 e. The molecule has 1 N–H and O–H groups in total. The van der Waals surface area contributed by atoms with Crippen LogP contribution in [0, 0.1) is 10.1 Å². The highest BCUT2D eigenvalue weighted by Crippen LogP contribution is 2.33. The highest BCUT2D eigenvalue weighted by Gasteiger charge is 2.15. The summed E-state index contributed by atoms with van der Waals surface area (Å²) in [5, 5.41) is 16.1. The SMILES string of the molecule is O=[N+]([O-])c1ccccc1-c1ccc2c(ccn2-c2ccccc2)c1.c1ccc(-n2ccc3cc4c(cc32)[nH]c2ccccc24)cc1. The number of H-pyrrole nitrogens is 1. The Bertz CT molecular complexity index is 2510. The summed E-state index contributed by atoms with van der Waals surface area (Å²) in [6.07, 6.45) is 4.16. The van der Waals surface area contributed by atoms with E-state index in [2.05, 4.69) is 99.2 Å². The number of hydrogen-bond acceptors (Lipinski definition) is 2. The molecule has 0 unspecified atom stereocenters. The van der Waals surface area contributed by atoms with Crippen LogP contribution >= 0.6 is 0 Å². The molecule has 0 saturated heterocycles. The second-order valence-electron chi connectivity index (χ2n) is 11.2. The van der Waals surface area contributed by atoms with Gasteiger partial charge in [-0.15, -0.1) is 0 Å². The van der Waals surface area contributed by atoms with Crippen molar-refractivity contribution in [2.45, 2.75) is 0 Å². The molecule has 46 heavy (non-hydrogen) atoms. The van der Waals surface area contributed by atoms with Crippen molar-refractivity contribution in [1.29, 1.82) is 0 Å². The van der Waals surface area contributed by atoms with Crippen molar-refractivity contribution in [3.63, 3.8) is 0 Å². The number of hydrogen-bond donors (Lipinski definition) is 1. The number of aromatic nitrogens is 3. The lowest BCUT2D eigenvalue weighted by Gasteiger charge is -2.07. The average molecular weight is 597 g/mol. The number of nitro groups is 1. The molecule has 6 aromatic carbocycles. The van der Waals surface area contributed by atoms with Crippen molar-refractivity contribution in [2.75, 3.05) is 0 Å². The van der Waals surface area contributed by atoms with Crippen LogP contribution in [0.4, 0.5) is 5.69 Å². The summed E-state index contributed by atoms with van der Waals surface area (Å²) in [6, 6.07) is 50.5. The highest BCUT2D eigenvalue weighted by molar-refractivity contribution is 6.11. The van der Waals surface area contributed by atoms with E-state index in [4.69, 9.17) is 0 Å². The number of para-hydroxylation sites is 4. The van der Waals surface area contributed by atoms with Crippen LogP contribution in [0.5, 0.6) is 0 Å². The van der Waals surface area contributed by atoms with Crippen LogP contribution in [-0.4, -0.2) is 19.0 Å². The van der Waals surface area contributed by atoms with E-state index in [0.29, 0.717) is 5.56 Å². The third kappa shape index (κ3) is 4.78. The van der Waals surface area contributed by atoms with Gasteiger partial charge in [-0.2, -0.15) is 0 Å². The average Bonchev–Trinajstić information content (AvgIpc) is 3.83. The maximum atomic E-state index is 11.2. The summed E-state index contributed by atoms with van der Waals surface area (Å²) < 4.78 is 4.35. The number of nitro benzene ring substituents is 1. The van der Waals surface area contributed by atoms with Crippen molar-refractivity contribution in [2.24, 2.45) is 0 Å². The maximum Gasteiger partial charge on any atom is 0.277 e.